The lowest BCUT2D eigenvalue weighted by atomic mass is 9.85. The largest absolute Gasteiger partial charge is 0.508 e. The number of hydrogen-bond donors (Lipinski definition) is 3. The Labute approximate surface area is 219 Å². The fourth-order valence-electron chi connectivity index (χ4n) is 5.27. The van der Waals surface area contributed by atoms with Crippen molar-refractivity contribution in [2.75, 3.05) is 0 Å². The minimum Gasteiger partial charge on any atom is -0.508 e. The van der Waals surface area contributed by atoms with Gasteiger partial charge >= 0.3 is 11.9 Å². The van der Waals surface area contributed by atoms with Gasteiger partial charge in [-0.05, 0) is 78.1 Å². The first-order valence-corrected chi connectivity index (χ1v) is 12.1. The summed E-state index contributed by atoms with van der Waals surface area (Å²) in [5.74, 6) is -1.88. The molecular weight excluding hydrogens is 478 g/mol. The molecule has 0 amide bonds. The summed E-state index contributed by atoms with van der Waals surface area (Å²) in [7, 11) is 1.92. The van der Waals surface area contributed by atoms with Crippen LogP contribution < -0.4 is 4.57 Å². The Morgan fingerprint density at radius 3 is 2.05 bits per heavy atom. The molecule has 0 aliphatic heterocycles. The van der Waals surface area contributed by atoms with E-state index in [0.717, 1.165) is 44.4 Å². The molecule has 3 N–H and O–H groups in total. The molecule has 0 radical (unpaired) electrons. The second-order valence-electron chi connectivity index (χ2n) is 9.40. The minimum atomic E-state index is -1.04. The number of aromatic hydroxyl groups is 1. The zero-order valence-corrected chi connectivity index (χ0v) is 21.2. The average Bonchev–Trinajstić information content (AvgIpc) is 2.88. The summed E-state index contributed by atoms with van der Waals surface area (Å²) in [6.07, 6.45) is 3.83. The van der Waals surface area contributed by atoms with Crippen LogP contribution in [0.25, 0.3) is 45.1 Å². The van der Waals surface area contributed by atoms with Crippen molar-refractivity contribution in [3.05, 3.63) is 106 Å². The van der Waals surface area contributed by atoms with Crippen molar-refractivity contribution in [1.82, 2.24) is 0 Å². The number of phenols is 1. The van der Waals surface area contributed by atoms with Gasteiger partial charge in [0, 0.05) is 17.7 Å². The SMILES string of the molecule is Cc1cc(C(=O)O)cc(C)c1-c1c(C=Cc2ccc(O)cc2)ccc2c1c(C(=O)O)c1ccccc1[n+]2C. The lowest BCUT2D eigenvalue weighted by molar-refractivity contribution is -0.617. The van der Waals surface area contributed by atoms with Gasteiger partial charge < -0.3 is 15.3 Å². The number of hydrogen-bond acceptors (Lipinski definition) is 3. The van der Waals surface area contributed by atoms with Crippen molar-refractivity contribution in [3.8, 4) is 16.9 Å². The van der Waals surface area contributed by atoms with Gasteiger partial charge in [0.15, 0.2) is 0 Å². The summed E-state index contributed by atoms with van der Waals surface area (Å²) in [4.78, 5) is 24.6. The van der Waals surface area contributed by atoms with Crippen LogP contribution >= 0.6 is 0 Å². The summed E-state index contributed by atoms with van der Waals surface area (Å²) >= 11 is 0. The summed E-state index contributed by atoms with van der Waals surface area (Å²) in [5.41, 5.74) is 6.58. The van der Waals surface area contributed by atoms with Crippen molar-refractivity contribution in [2.24, 2.45) is 7.05 Å². The highest BCUT2D eigenvalue weighted by Gasteiger charge is 2.27. The van der Waals surface area contributed by atoms with Gasteiger partial charge in [0.2, 0.25) is 11.0 Å². The number of nitrogens with zero attached hydrogens (tertiary/aromatic N) is 1. The van der Waals surface area contributed by atoms with Crippen LogP contribution in [0.15, 0.2) is 72.8 Å². The number of carboxylic acids is 2. The highest BCUT2D eigenvalue weighted by atomic mass is 16.4. The Kier molecular flexibility index (Phi) is 6.17. The minimum absolute atomic E-state index is 0.170. The molecule has 5 aromatic rings. The maximum Gasteiger partial charge on any atom is 0.337 e. The molecule has 6 heteroatoms. The number of para-hydroxylation sites is 1. The van der Waals surface area contributed by atoms with E-state index >= 15 is 0 Å². The van der Waals surface area contributed by atoms with Crippen LogP contribution in [-0.4, -0.2) is 27.3 Å². The van der Waals surface area contributed by atoms with Crippen LogP contribution in [-0.2, 0) is 7.05 Å². The third-order valence-electron chi connectivity index (χ3n) is 6.95. The maximum absolute atomic E-state index is 12.8. The zero-order chi connectivity index (χ0) is 27.1. The van der Waals surface area contributed by atoms with Gasteiger partial charge in [-0.3, -0.25) is 0 Å². The molecule has 188 valence electrons. The first-order chi connectivity index (χ1) is 18.2. The number of aromatic carboxylic acids is 2. The van der Waals surface area contributed by atoms with Crippen LogP contribution in [0.5, 0.6) is 5.75 Å². The number of rotatable bonds is 5. The first-order valence-electron chi connectivity index (χ1n) is 12.1. The van der Waals surface area contributed by atoms with E-state index in [1.807, 2.05) is 74.0 Å². The summed E-state index contributed by atoms with van der Waals surface area (Å²) in [6, 6.07) is 21.3. The first kappa shape index (κ1) is 24.7. The molecule has 0 unspecified atom stereocenters. The second kappa shape index (κ2) is 9.48. The second-order valence-corrected chi connectivity index (χ2v) is 9.40. The fraction of sp³-hybridized carbons (Fsp3) is 0.0938. The van der Waals surface area contributed by atoms with Crippen LogP contribution in [0, 0.1) is 13.8 Å². The van der Waals surface area contributed by atoms with Gasteiger partial charge in [-0.25, -0.2) is 9.59 Å². The molecule has 0 aliphatic rings. The van der Waals surface area contributed by atoms with Crippen molar-refractivity contribution >= 4 is 45.9 Å². The molecule has 4 aromatic carbocycles. The van der Waals surface area contributed by atoms with E-state index in [1.54, 1.807) is 36.4 Å². The van der Waals surface area contributed by atoms with Crippen molar-refractivity contribution in [3.63, 3.8) is 0 Å². The topological polar surface area (TPSA) is 98.7 Å². The smallest absolute Gasteiger partial charge is 0.337 e. The van der Waals surface area contributed by atoms with E-state index in [1.165, 1.54) is 0 Å². The normalized spacial score (nSPS) is 11.4. The van der Waals surface area contributed by atoms with Crippen molar-refractivity contribution in [1.29, 1.82) is 0 Å². The van der Waals surface area contributed by atoms with Crippen molar-refractivity contribution < 1.29 is 29.5 Å². The number of pyridine rings is 1. The van der Waals surface area contributed by atoms with E-state index in [2.05, 4.69) is 0 Å². The van der Waals surface area contributed by atoms with Gasteiger partial charge in [-0.2, -0.15) is 4.57 Å². The Bertz CT molecular complexity index is 1780. The van der Waals surface area contributed by atoms with Crippen LogP contribution in [0.2, 0.25) is 0 Å². The Balaban J connectivity index is 1.95. The van der Waals surface area contributed by atoms with Gasteiger partial charge in [0.25, 0.3) is 0 Å². The van der Waals surface area contributed by atoms with E-state index in [9.17, 15) is 24.9 Å². The Morgan fingerprint density at radius 1 is 0.763 bits per heavy atom. The number of aryl methyl sites for hydroxylation is 3. The summed E-state index contributed by atoms with van der Waals surface area (Å²) in [5, 5.41) is 31.0. The van der Waals surface area contributed by atoms with Crippen LogP contribution in [0.4, 0.5) is 0 Å². The predicted octanol–water partition coefficient (Wildman–Crippen LogP) is 6.37. The predicted molar refractivity (Wildman–Crippen MR) is 148 cm³/mol. The Hall–Kier alpha value is -4.97. The number of carboxylic acid groups (broad SMARTS) is 2. The molecule has 0 saturated carbocycles. The highest BCUT2D eigenvalue weighted by molar-refractivity contribution is 6.17. The monoisotopic (exact) mass is 504 g/mol. The van der Waals surface area contributed by atoms with Gasteiger partial charge in [0.1, 0.15) is 12.8 Å². The number of phenolic OH excluding ortho intramolecular Hbond substituents is 1. The molecule has 0 fully saturated rings. The third-order valence-corrected chi connectivity index (χ3v) is 6.95. The number of aromatic nitrogens is 1. The van der Waals surface area contributed by atoms with Crippen LogP contribution in [0.1, 0.15) is 43.0 Å². The average molecular weight is 505 g/mol. The number of carbonyl (C=O) groups is 2. The molecule has 5 rings (SSSR count). The standard InChI is InChI=1S/C32H25NO5/c1-18-16-22(31(35)36)17-19(2)27(18)28-21(11-8-20-9-13-23(34)14-10-20)12-15-26-30(28)29(32(37)38)24-6-4-5-7-25(24)33(26)3/h4-17H,1-3H3,(H2-,34,35,36,37,38)/p+1. The molecule has 0 spiro atoms. The molecule has 0 atom stereocenters. The van der Waals surface area contributed by atoms with Gasteiger partial charge in [0.05, 0.1) is 21.9 Å². The van der Waals surface area contributed by atoms with E-state index in [4.69, 9.17) is 0 Å². The zero-order valence-electron chi connectivity index (χ0n) is 21.2. The number of benzene rings is 4. The maximum atomic E-state index is 12.8. The third kappa shape index (κ3) is 4.16. The van der Waals surface area contributed by atoms with E-state index < -0.39 is 11.9 Å². The number of fused-ring (bicyclic) bond motifs is 2. The molecule has 0 saturated heterocycles. The molecule has 1 heterocycles. The lowest BCUT2D eigenvalue weighted by Crippen LogP contribution is -2.31. The molecule has 0 aliphatic carbocycles. The van der Waals surface area contributed by atoms with Crippen molar-refractivity contribution in [2.45, 2.75) is 13.8 Å². The molecular formula is C32H26NO5+. The van der Waals surface area contributed by atoms with E-state index in [-0.39, 0.29) is 16.9 Å². The Morgan fingerprint density at radius 2 is 1.42 bits per heavy atom. The highest BCUT2D eigenvalue weighted by Crippen LogP contribution is 2.40. The molecule has 6 nitrogen and oxygen atoms in total. The molecule has 0 bridgehead atoms. The summed E-state index contributed by atoms with van der Waals surface area (Å²) < 4.78 is 1.99. The molecule has 38 heavy (non-hydrogen) atoms. The van der Waals surface area contributed by atoms with Gasteiger partial charge in [-0.15, -0.1) is 0 Å². The molecule has 1 aromatic heterocycles. The van der Waals surface area contributed by atoms with E-state index in [0.29, 0.717) is 10.8 Å². The lowest BCUT2D eigenvalue weighted by Gasteiger charge is -2.18. The summed E-state index contributed by atoms with van der Waals surface area (Å²) in [6.45, 7) is 3.70. The quantitative estimate of drug-likeness (QED) is 0.147. The fourth-order valence-corrected chi connectivity index (χ4v) is 5.27. The van der Waals surface area contributed by atoms with Gasteiger partial charge in [-0.1, -0.05) is 36.4 Å². The van der Waals surface area contributed by atoms with Crippen LogP contribution in [0.3, 0.4) is 0 Å².